The number of nitrogens with zero attached hydrogens (tertiary/aromatic N) is 2. The average Bonchev–Trinajstić information content (AvgIpc) is 3.34. The number of para-hydroxylation sites is 2. The molecule has 4 aromatic rings. The molecule has 0 saturated carbocycles. The maximum Gasteiger partial charge on any atom is 0.231 e. The number of fused-ring (bicyclic) bond motifs is 1. The molecule has 0 fully saturated rings. The summed E-state index contributed by atoms with van der Waals surface area (Å²) < 4.78 is 15.3. The summed E-state index contributed by atoms with van der Waals surface area (Å²) in [5.74, 6) is -0.141. The van der Waals surface area contributed by atoms with E-state index >= 15 is 0 Å². The van der Waals surface area contributed by atoms with Crippen molar-refractivity contribution in [3.8, 4) is 0 Å². The summed E-state index contributed by atoms with van der Waals surface area (Å²) in [5, 5.41) is 5.83. The van der Waals surface area contributed by atoms with Crippen molar-refractivity contribution in [3.63, 3.8) is 0 Å². The molecule has 2 aromatic carbocycles. The van der Waals surface area contributed by atoms with Gasteiger partial charge in [-0.05, 0) is 41.3 Å². The number of aryl methyl sites for hydroxylation is 1. The smallest absolute Gasteiger partial charge is 0.231 e. The Balaban J connectivity index is 1.48. The van der Waals surface area contributed by atoms with Crippen molar-refractivity contribution in [1.29, 1.82) is 0 Å². The lowest BCUT2D eigenvalue weighted by molar-refractivity contribution is -0.119. The fourth-order valence-corrected chi connectivity index (χ4v) is 4.62. The van der Waals surface area contributed by atoms with Gasteiger partial charge >= 0.3 is 0 Å². The van der Waals surface area contributed by atoms with Gasteiger partial charge in [-0.3, -0.25) is 4.79 Å². The zero-order chi connectivity index (χ0) is 19.5. The lowest BCUT2D eigenvalue weighted by atomic mass is 10.1. The Bertz CT molecular complexity index is 1090. The predicted molar refractivity (Wildman–Crippen MR) is 112 cm³/mol. The quantitative estimate of drug-likeness (QED) is 0.465. The topological polar surface area (TPSA) is 46.9 Å². The molecular weight excluding hydrogens is 393 g/mol. The summed E-state index contributed by atoms with van der Waals surface area (Å²) in [4.78, 5) is 18.2. The molecule has 1 N–H and O–H groups in total. The molecule has 0 aliphatic heterocycles. The maximum atomic E-state index is 13.3. The Labute approximate surface area is 170 Å². The minimum absolute atomic E-state index is 0.0974. The van der Waals surface area contributed by atoms with E-state index in [0.717, 1.165) is 26.6 Å². The number of thiophene rings is 1. The van der Waals surface area contributed by atoms with Crippen LogP contribution in [0.2, 0.25) is 0 Å². The molecule has 0 spiro atoms. The molecular formula is C21H18FN3OS2. The lowest BCUT2D eigenvalue weighted by Crippen LogP contribution is -2.30. The van der Waals surface area contributed by atoms with Crippen molar-refractivity contribution in [2.24, 2.45) is 7.05 Å². The van der Waals surface area contributed by atoms with Crippen LogP contribution in [0.1, 0.15) is 16.5 Å². The van der Waals surface area contributed by atoms with Crippen LogP contribution < -0.4 is 5.32 Å². The Morgan fingerprint density at radius 3 is 2.68 bits per heavy atom. The second kappa shape index (κ2) is 8.16. The third-order valence-electron chi connectivity index (χ3n) is 4.41. The molecule has 2 aromatic heterocycles. The number of thioether (sulfide) groups is 1. The molecule has 0 unspecified atom stereocenters. The van der Waals surface area contributed by atoms with Crippen LogP contribution in [-0.4, -0.2) is 21.2 Å². The first-order valence-corrected chi connectivity index (χ1v) is 10.6. The van der Waals surface area contributed by atoms with E-state index in [1.165, 1.54) is 23.9 Å². The molecule has 2 heterocycles. The van der Waals surface area contributed by atoms with Crippen molar-refractivity contribution in [1.82, 2.24) is 14.9 Å². The number of carbonyl (C=O) groups is 1. The summed E-state index contributed by atoms with van der Waals surface area (Å²) in [6.07, 6.45) is 0. The zero-order valence-corrected chi connectivity index (χ0v) is 16.8. The molecule has 4 nitrogen and oxygen atoms in total. The first kappa shape index (κ1) is 18.7. The van der Waals surface area contributed by atoms with Gasteiger partial charge in [0.2, 0.25) is 5.91 Å². The molecule has 1 amide bonds. The summed E-state index contributed by atoms with van der Waals surface area (Å²) in [5.41, 5.74) is 2.80. The van der Waals surface area contributed by atoms with Crippen LogP contribution in [0.4, 0.5) is 4.39 Å². The van der Waals surface area contributed by atoms with Crippen molar-refractivity contribution >= 4 is 40.0 Å². The molecule has 7 heteroatoms. The Morgan fingerprint density at radius 2 is 1.96 bits per heavy atom. The lowest BCUT2D eigenvalue weighted by Gasteiger charge is -2.18. The number of hydrogen-bond donors (Lipinski definition) is 1. The van der Waals surface area contributed by atoms with E-state index in [4.69, 9.17) is 0 Å². The molecule has 0 radical (unpaired) electrons. The summed E-state index contributed by atoms with van der Waals surface area (Å²) in [6, 6.07) is 17.7. The fourth-order valence-electron chi connectivity index (χ4n) is 3.01. The zero-order valence-electron chi connectivity index (χ0n) is 15.1. The standard InChI is InChI=1S/C21H18FN3OS2/c1-25-17-6-3-2-5-16(17)23-21(25)28-13-19(26)24-20(18-7-4-12-27-18)14-8-10-15(22)11-9-14/h2-12,20H,13H2,1H3,(H,24,26)/t20-/m0/s1. The van der Waals surface area contributed by atoms with Crippen LogP contribution in [0.5, 0.6) is 0 Å². The Hall–Kier alpha value is -2.64. The predicted octanol–water partition coefficient (Wildman–Crippen LogP) is 4.77. The van der Waals surface area contributed by atoms with Crippen molar-refractivity contribution in [2.45, 2.75) is 11.2 Å². The van der Waals surface area contributed by atoms with Gasteiger partial charge in [-0.1, -0.05) is 42.1 Å². The molecule has 4 rings (SSSR count). The highest BCUT2D eigenvalue weighted by atomic mass is 32.2. The summed E-state index contributed by atoms with van der Waals surface area (Å²) in [7, 11) is 1.95. The molecule has 0 saturated heterocycles. The van der Waals surface area contributed by atoms with Gasteiger partial charge < -0.3 is 9.88 Å². The molecule has 1 atom stereocenters. The van der Waals surface area contributed by atoms with Gasteiger partial charge in [0, 0.05) is 11.9 Å². The van der Waals surface area contributed by atoms with E-state index < -0.39 is 0 Å². The van der Waals surface area contributed by atoms with Gasteiger partial charge in [0.25, 0.3) is 0 Å². The van der Waals surface area contributed by atoms with Gasteiger partial charge in [-0.25, -0.2) is 9.37 Å². The Morgan fingerprint density at radius 1 is 1.18 bits per heavy atom. The van der Waals surface area contributed by atoms with Gasteiger partial charge in [-0.2, -0.15) is 0 Å². The van der Waals surface area contributed by atoms with E-state index in [1.54, 1.807) is 23.5 Å². The molecule has 0 aliphatic rings. The van der Waals surface area contributed by atoms with Crippen LogP contribution in [0.25, 0.3) is 11.0 Å². The number of nitrogens with one attached hydrogen (secondary N) is 1. The molecule has 0 aliphatic carbocycles. The second-order valence-corrected chi connectivity index (χ2v) is 8.22. The molecule has 28 heavy (non-hydrogen) atoms. The number of amides is 1. The van der Waals surface area contributed by atoms with Gasteiger partial charge in [0.05, 0.1) is 22.8 Å². The van der Waals surface area contributed by atoms with Gasteiger partial charge in [0.1, 0.15) is 5.82 Å². The first-order chi connectivity index (χ1) is 13.6. The van der Waals surface area contributed by atoms with Crippen LogP contribution in [-0.2, 0) is 11.8 Å². The van der Waals surface area contributed by atoms with E-state index in [9.17, 15) is 9.18 Å². The average molecular weight is 412 g/mol. The van der Waals surface area contributed by atoms with Crippen LogP contribution in [0.15, 0.2) is 71.2 Å². The number of halogens is 1. The number of aromatic nitrogens is 2. The molecule has 142 valence electrons. The van der Waals surface area contributed by atoms with Crippen molar-refractivity contribution < 1.29 is 9.18 Å². The summed E-state index contributed by atoms with van der Waals surface area (Å²) >= 11 is 2.96. The second-order valence-electron chi connectivity index (χ2n) is 6.30. The number of imidazole rings is 1. The number of hydrogen-bond acceptors (Lipinski definition) is 4. The van der Waals surface area contributed by atoms with Crippen LogP contribution in [0.3, 0.4) is 0 Å². The van der Waals surface area contributed by atoms with E-state index in [0.29, 0.717) is 0 Å². The van der Waals surface area contributed by atoms with E-state index in [1.807, 2.05) is 53.4 Å². The van der Waals surface area contributed by atoms with Crippen LogP contribution in [0, 0.1) is 5.82 Å². The number of carbonyl (C=O) groups excluding carboxylic acids is 1. The first-order valence-electron chi connectivity index (χ1n) is 8.74. The summed E-state index contributed by atoms with van der Waals surface area (Å²) in [6.45, 7) is 0. The van der Waals surface area contributed by atoms with Crippen molar-refractivity contribution in [2.75, 3.05) is 5.75 Å². The Kier molecular flexibility index (Phi) is 5.45. The number of rotatable bonds is 6. The third kappa shape index (κ3) is 3.95. The van der Waals surface area contributed by atoms with Gasteiger partial charge in [0.15, 0.2) is 5.16 Å². The highest BCUT2D eigenvalue weighted by molar-refractivity contribution is 7.99. The van der Waals surface area contributed by atoms with E-state index in [2.05, 4.69) is 10.3 Å². The minimum Gasteiger partial charge on any atom is -0.344 e. The van der Waals surface area contributed by atoms with E-state index in [-0.39, 0.29) is 23.5 Å². The van der Waals surface area contributed by atoms with Gasteiger partial charge in [-0.15, -0.1) is 11.3 Å². The maximum absolute atomic E-state index is 13.3. The number of benzene rings is 2. The molecule has 0 bridgehead atoms. The monoisotopic (exact) mass is 411 g/mol. The third-order valence-corrected chi connectivity index (χ3v) is 6.38. The van der Waals surface area contributed by atoms with Crippen LogP contribution >= 0.6 is 23.1 Å². The highest BCUT2D eigenvalue weighted by Gasteiger charge is 2.19. The fraction of sp³-hybridized carbons (Fsp3) is 0.143. The largest absolute Gasteiger partial charge is 0.344 e. The van der Waals surface area contributed by atoms with Crippen molar-refractivity contribution in [3.05, 3.63) is 82.3 Å². The minimum atomic E-state index is -0.297. The normalized spacial score (nSPS) is 12.2. The highest BCUT2D eigenvalue weighted by Crippen LogP contribution is 2.27. The SMILES string of the molecule is Cn1c(SCC(=O)N[C@@H](c2ccc(F)cc2)c2cccs2)nc2ccccc21.